The number of nitrogens with one attached hydrogen (secondary N) is 1. The van der Waals surface area contributed by atoms with Crippen LogP contribution in [0.3, 0.4) is 0 Å². The van der Waals surface area contributed by atoms with Gasteiger partial charge in [-0.1, -0.05) is 82.7 Å². The van der Waals surface area contributed by atoms with Gasteiger partial charge in [0.05, 0.1) is 12.4 Å². The van der Waals surface area contributed by atoms with Gasteiger partial charge < -0.3 is 15.2 Å². The van der Waals surface area contributed by atoms with Gasteiger partial charge in [-0.05, 0) is 61.5 Å². The maximum absolute atomic E-state index is 11.2. The molecule has 0 aliphatic heterocycles. The maximum Gasteiger partial charge on any atom is 0.127 e. The van der Waals surface area contributed by atoms with Crippen LogP contribution in [0.4, 0.5) is 0 Å². The number of aliphatic hydroxyl groups is 1. The summed E-state index contributed by atoms with van der Waals surface area (Å²) in [4.78, 5) is 0. The summed E-state index contributed by atoms with van der Waals surface area (Å²) in [5.74, 6) is 1.48. The van der Waals surface area contributed by atoms with Gasteiger partial charge in [0.2, 0.25) is 0 Å². The van der Waals surface area contributed by atoms with E-state index in [0.717, 1.165) is 25.8 Å². The Balaban J connectivity index is 1.54. The first kappa shape index (κ1) is 24.3. The minimum Gasteiger partial charge on any atom is -0.495 e. The highest BCUT2D eigenvalue weighted by molar-refractivity contribution is 5.14. The average Bonchev–Trinajstić information content (AvgIpc) is 2.82. The highest BCUT2D eigenvalue weighted by Crippen LogP contribution is 2.35. The quantitative estimate of drug-likeness (QED) is 0.390. The van der Waals surface area contributed by atoms with Crippen molar-refractivity contribution in [1.29, 1.82) is 0 Å². The minimum absolute atomic E-state index is 0.0329. The van der Waals surface area contributed by atoms with Gasteiger partial charge in [0, 0.05) is 12.6 Å². The SMILES string of the molecule is CC(C)[C@H](C/C=C/O[C@H](C1CCCCC1)[C@H](O)C1CCCCC1)NCc1ccccc1. The largest absolute Gasteiger partial charge is 0.495 e. The molecule has 2 aliphatic carbocycles. The first-order valence-corrected chi connectivity index (χ1v) is 12.9. The van der Waals surface area contributed by atoms with Crippen molar-refractivity contribution in [3.63, 3.8) is 0 Å². The van der Waals surface area contributed by atoms with Gasteiger partial charge in [0.25, 0.3) is 0 Å². The molecule has 0 radical (unpaired) electrons. The molecule has 1 aromatic rings. The van der Waals surface area contributed by atoms with E-state index in [1.54, 1.807) is 0 Å². The van der Waals surface area contributed by atoms with Crippen LogP contribution in [0.5, 0.6) is 0 Å². The lowest BCUT2D eigenvalue weighted by Crippen LogP contribution is -2.41. The fourth-order valence-electron chi connectivity index (χ4n) is 5.46. The molecule has 0 saturated heterocycles. The van der Waals surface area contributed by atoms with Gasteiger partial charge in [-0.15, -0.1) is 0 Å². The second-order valence-electron chi connectivity index (χ2n) is 10.2. The van der Waals surface area contributed by atoms with Crippen molar-refractivity contribution in [3.05, 3.63) is 48.2 Å². The van der Waals surface area contributed by atoms with E-state index < -0.39 is 0 Å². The van der Waals surface area contributed by atoms with Crippen molar-refractivity contribution >= 4 is 0 Å². The Hall–Kier alpha value is -1.32. The first-order valence-electron chi connectivity index (χ1n) is 12.9. The van der Waals surface area contributed by atoms with Crippen molar-refractivity contribution in [2.75, 3.05) is 0 Å². The third-order valence-corrected chi connectivity index (χ3v) is 7.52. The predicted molar refractivity (Wildman–Crippen MR) is 130 cm³/mol. The number of rotatable bonds is 11. The molecule has 31 heavy (non-hydrogen) atoms. The van der Waals surface area contributed by atoms with Crippen molar-refractivity contribution in [2.24, 2.45) is 17.8 Å². The van der Waals surface area contributed by atoms with E-state index in [1.165, 1.54) is 56.9 Å². The summed E-state index contributed by atoms with van der Waals surface area (Å²) in [6, 6.07) is 11.0. The van der Waals surface area contributed by atoms with Gasteiger partial charge in [-0.25, -0.2) is 0 Å². The van der Waals surface area contributed by atoms with Crippen molar-refractivity contribution in [3.8, 4) is 0 Å². The zero-order valence-corrected chi connectivity index (χ0v) is 19.8. The predicted octanol–water partition coefficient (Wildman–Crippen LogP) is 6.61. The second-order valence-corrected chi connectivity index (χ2v) is 10.2. The molecule has 0 unspecified atom stereocenters. The Kier molecular flexibility index (Phi) is 10.4. The van der Waals surface area contributed by atoms with Crippen LogP contribution in [-0.2, 0) is 11.3 Å². The smallest absolute Gasteiger partial charge is 0.127 e. The van der Waals surface area contributed by atoms with E-state index in [9.17, 15) is 5.11 Å². The fraction of sp³-hybridized carbons (Fsp3) is 0.714. The van der Waals surface area contributed by atoms with Crippen molar-refractivity contribution < 1.29 is 9.84 Å². The van der Waals surface area contributed by atoms with Crippen molar-refractivity contribution in [2.45, 2.75) is 109 Å². The Morgan fingerprint density at radius 2 is 1.55 bits per heavy atom. The molecule has 0 amide bonds. The Morgan fingerprint density at radius 3 is 2.16 bits per heavy atom. The Morgan fingerprint density at radius 1 is 0.935 bits per heavy atom. The van der Waals surface area contributed by atoms with Crippen molar-refractivity contribution in [1.82, 2.24) is 5.32 Å². The molecule has 2 aliphatic rings. The van der Waals surface area contributed by atoms with Gasteiger partial charge in [0.15, 0.2) is 0 Å². The summed E-state index contributed by atoms with van der Waals surface area (Å²) in [7, 11) is 0. The molecule has 3 heteroatoms. The molecule has 2 saturated carbocycles. The van der Waals surface area contributed by atoms with Crippen LogP contribution >= 0.6 is 0 Å². The van der Waals surface area contributed by atoms with Crippen LogP contribution in [0.15, 0.2) is 42.7 Å². The lowest BCUT2D eigenvalue weighted by Gasteiger charge is -2.37. The van der Waals surface area contributed by atoms with E-state index in [1.807, 2.05) is 6.26 Å². The Labute approximate surface area is 190 Å². The number of ether oxygens (including phenoxy) is 1. The number of aliphatic hydroxyl groups excluding tert-OH is 1. The van der Waals surface area contributed by atoms with Crippen LogP contribution in [0.1, 0.15) is 90.0 Å². The summed E-state index contributed by atoms with van der Waals surface area (Å²) in [6.45, 7) is 5.44. The summed E-state index contributed by atoms with van der Waals surface area (Å²) in [5.41, 5.74) is 1.32. The molecule has 0 aromatic heterocycles. The molecular weight excluding hydrogens is 382 g/mol. The van der Waals surface area contributed by atoms with Crippen LogP contribution in [0, 0.1) is 17.8 Å². The molecule has 0 bridgehead atoms. The molecule has 0 heterocycles. The molecule has 2 fully saturated rings. The normalized spacial score (nSPS) is 21.9. The lowest BCUT2D eigenvalue weighted by atomic mass is 9.76. The van der Waals surface area contributed by atoms with E-state index in [4.69, 9.17) is 4.74 Å². The van der Waals surface area contributed by atoms with Gasteiger partial charge >= 0.3 is 0 Å². The Bertz CT molecular complexity index is 617. The minimum atomic E-state index is -0.315. The van der Waals surface area contributed by atoms with Crippen LogP contribution < -0.4 is 5.32 Å². The molecule has 3 nitrogen and oxygen atoms in total. The number of benzene rings is 1. The van der Waals surface area contributed by atoms with E-state index in [-0.39, 0.29) is 12.2 Å². The van der Waals surface area contributed by atoms with E-state index >= 15 is 0 Å². The third-order valence-electron chi connectivity index (χ3n) is 7.52. The molecule has 2 N–H and O–H groups in total. The maximum atomic E-state index is 11.2. The monoisotopic (exact) mass is 427 g/mol. The number of hydrogen-bond acceptors (Lipinski definition) is 3. The van der Waals surface area contributed by atoms with Crippen LogP contribution in [0.25, 0.3) is 0 Å². The fourth-order valence-corrected chi connectivity index (χ4v) is 5.46. The molecule has 3 rings (SSSR count). The lowest BCUT2D eigenvalue weighted by molar-refractivity contribution is -0.0690. The standard InChI is InChI=1S/C28H45NO2/c1-22(2)26(29-21-23-13-6-3-7-14-23)19-12-20-31-28(25-17-10-5-11-18-25)27(30)24-15-8-4-9-16-24/h3,6-7,12-14,20,22,24-30H,4-5,8-11,15-19,21H2,1-2H3/b20-12+/t26-,27+,28+/m0/s1. The zero-order chi connectivity index (χ0) is 21.9. The average molecular weight is 428 g/mol. The molecule has 3 atom stereocenters. The third kappa shape index (κ3) is 7.95. The summed E-state index contributed by atoms with van der Waals surface area (Å²) >= 11 is 0. The molecule has 0 spiro atoms. The first-order chi connectivity index (χ1) is 15.1. The second kappa shape index (κ2) is 13.3. The molecule has 1 aromatic carbocycles. The molecule has 174 valence electrons. The topological polar surface area (TPSA) is 41.5 Å². The van der Waals surface area contributed by atoms with Crippen LogP contribution in [0.2, 0.25) is 0 Å². The van der Waals surface area contributed by atoms with E-state index in [0.29, 0.717) is 23.8 Å². The van der Waals surface area contributed by atoms with Crippen LogP contribution in [-0.4, -0.2) is 23.4 Å². The summed E-state index contributed by atoms with van der Waals surface area (Å²) < 4.78 is 6.33. The summed E-state index contributed by atoms with van der Waals surface area (Å²) in [6.07, 6.45) is 17.2. The van der Waals surface area contributed by atoms with Gasteiger partial charge in [-0.3, -0.25) is 0 Å². The van der Waals surface area contributed by atoms with Gasteiger partial charge in [0.1, 0.15) is 6.10 Å². The highest BCUT2D eigenvalue weighted by Gasteiger charge is 2.35. The zero-order valence-electron chi connectivity index (χ0n) is 19.8. The molecular formula is C28H45NO2. The number of hydrogen-bond donors (Lipinski definition) is 2. The van der Waals surface area contributed by atoms with E-state index in [2.05, 4.69) is 55.6 Å². The van der Waals surface area contributed by atoms with Gasteiger partial charge in [-0.2, -0.15) is 0 Å². The highest BCUT2D eigenvalue weighted by atomic mass is 16.5. The summed E-state index contributed by atoms with van der Waals surface area (Å²) in [5, 5.41) is 14.9.